The van der Waals surface area contributed by atoms with Gasteiger partial charge in [-0.2, -0.15) is 0 Å². The number of fused-ring (bicyclic) bond motifs is 1. The fraction of sp³-hybridized carbons (Fsp3) is 0.333. The monoisotopic (exact) mass is 232 g/mol. The molecule has 1 atom stereocenters. The van der Waals surface area contributed by atoms with Crippen molar-refractivity contribution in [2.24, 2.45) is 0 Å². The van der Waals surface area contributed by atoms with Gasteiger partial charge in [-0.25, -0.2) is 14.4 Å². The molecule has 88 valence electrons. The van der Waals surface area contributed by atoms with E-state index in [9.17, 15) is 4.39 Å². The summed E-state index contributed by atoms with van der Waals surface area (Å²) in [6.45, 7) is 1.96. The van der Waals surface area contributed by atoms with Gasteiger partial charge in [0.25, 0.3) is 0 Å². The average molecular weight is 232 g/mol. The van der Waals surface area contributed by atoms with E-state index in [1.807, 2.05) is 0 Å². The van der Waals surface area contributed by atoms with Crippen LogP contribution in [0.4, 0.5) is 10.3 Å². The molecule has 3 rings (SSSR count). The highest BCUT2D eigenvalue weighted by Crippen LogP contribution is 2.15. The summed E-state index contributed by atoms with van der Waals surface area (Å²) in [7, 11) is 0. The standard InChI is InChI=1S/C12H13FN4/c13-9-1-2-11-8(5-9)6-15-12(17-11)16-10-3-4-14-7-10/h1-2,5-6,10,14H,3-4,7H2,(H,15,16,17). The number of nitrogens with zero attached hydrogens (tertiary/aromatic N) is 2. The highest BCUT2D eigenvalue weighted by Gasteiger charge is 2.14. The molecule has 17 heavy (non-hydrogen) atoms. The maximum Gasteiger partial charge on any atom is 0.223 e. The van der Waals surface area contributed by atoms with Crippen LogP contribution in [0, 0.1) is 5.82 Å². The van der Waals surface area contributed by atoms with Gasteiger partial charge in [0.05, 0.1) is 5.52 Å². The molecule has 0 bridgehead atoms. The number of benzene rings is 1. The molecule has 0 amide bonds. The predicted octanol–water partition coefficient (Wildman–Crippen LogP) is 1.54. The molecule has 2 N–H and O–H groups in total. The van der Waals surface area contributed by atoms with Crippen molar-refractivity contribution in [2.45, 2.75) is 12.5 Å². The molecule has 1 saturated heterocycles. The fourth-order valence-corrected chi connectivity index (χ4v) is 2.03. The molecule has 2 aromatic rings. The number of halogens is 1. The molecule has 0 aliphatic carbocycles. The van der Waals surface area contributed by atoms with Crippen molar-refractivity contribution < 1.29 is 4.39 Å². The summed E-state index contributed by atoms with van der Waals surface area (Å²) in [5.74, 6) is 0.347. The van der Waals surface area contributed by atoms with Crippen LogP contribution >= 0.6 is 0 Å². The second kappa shape index (κ2) is 4.25. The lowest BCUT2D eigenvalue weighted by molar-refractivity contribution is 0.629. The summed E-state index contributed by atoms with van der Waals surface area (Å²) < 4.78 is 13.0. The zero-order valence-corrected chi connectivity index (χ0v) is 9.28. The lowest BCUT2D eigenvalue weighted by Crippen LogP contribution is -2.23. The van der Waals surface area contributed by atoms with E-state index in [1.165, 1.54) is 12.1 Å². The molecule has 0 spiro atoms. The van der Waals surface area contributed by atoms with Crippen LogP contribution < -0.4 is 10.6 Å². The van der Waals surface area contributed by atoms with Crippen molar-refractivity contribution in [2.75, 3.05) is 18.4 Å². The smallest absolute Gasteiger partial charge is 0.223 e. The van der Waals surface area contributed by atoms with Crippen LogP contribution in [0.2, 0.25) is 0 Å². The molecule has 0 radical (unpaired) electrons. The van der Waals surface area contributed by atoms with Crippen LogP contribution in [0.5, 0.6) is 0 Å². The van der Waals surface area contributed by atoms with E-state index >= 15 is 0 Å². The molecule has 0 saturated carbocycles. The van der Waals surface area contributed by atoms with Gasteiger partial charge in [-0.05, 0) is 31.2 Å². The average Bonchev–Trinajstić information content (AvgIpc) is 2.82. The van der Waals surface area contributed by atoms with Gasteiger partial charge in [0.1, 0.15) is 5.82 Å². The van der Waals surface area contributed by atoms with Gasteiger partial charge in [-0.3, -0.25) is 0 Å². The van der Waals surface area contributed by atoms with Crippen LogP contribution in [-0.4, -0.2) is 29.1 Å². The molecule has 1 aliphatic heterocycles. The van der Waals surface area contributed by atoms with Crippen LogP contribution in [0.25, 0.3) is 10.9 Å². The first kappa shape index (κ1) is 10.4. The van der Waals surface area contributed by atoms with Crippen molar-refractivity contribution in [1.29, 1.82) is 0 Å². The highest BCUT2D eigenvalue weighted by atomic mass is 19.1. The van der Waals surface area contributed by atoms with Gasteiger partial charge in [-0.15, -0.1) is 0 Å². The SMILES string of the molecule is Fc1ccc2nc(NC3CCNC3)ncc2c1. The Morgan fingerprint density at radius 2 is 2.35 bits per heavy atom. The lowest BCUT2D eigenvalue weighted by Gasteiger charge is -2.11. The van der Waals surface area contributed by atoms with E-state index in [0.717, 1.165) is 30.4 Å². The first-order chi connectivity index (χ1) is 8.31. The molecule has 1 aliphatic rings. The molecule has 1 unspecified atom stereocenters. The Labute approximate surface area is 98.3 Å². The maximum atomic E-state index is 13.0. The summed E-state index contributed by atoms with van der Waals surface area (Å²) in [5.41, 5.74) is 0.759. The fourth-order valence-electron chi connectivity index (χ4n) is 2.03. The molecule has 1 fully saturated rings. The topological polar surface area (TPSA) is 49.8 Å². The predicted molar refractivity (Wildman–Crippen MR) is 64.4 cm³/mol. The Bertz CT molecular complexity index is 537. The Balaban J connectivity index is 1.88. The van der Waals surface area contributed by atoms with Crippen LogP contribution in [0.15, 0.2) is 24.4 Å². The van der Waals surface area contributed by atoms with Gasteiger partial charge < -0.3 is 10.6 Å². The van der Waals surface area contributed by atoms with Crippen molar-refractivity contribution in [3.8, 4) is 0 Å². The Morgan fingerprint density at radius 1 is 1.41 bits per heavy atom. The molecule has 5 heteroatoms. The van der Waals surface area contributed by atoms with Crippen molar-refractivity contribution >= 4 is 16.9 Å². The van der Waals surface area contributed by atoms with Gasteiger partial charge in [-0.1, -0.05) is 0 Å². The second-order valence-corrected chi connectivity index (χ2v) is 4.23. The van der Waals surface area contributed by atoms with Gasteiger partial charge in [0.15, 0.2) is 0 Å². The zero-order valence-electron chi connectivity index (χ0n) is 9.28. The Morgan fingerprint density at radius 3 is 3.18 bits per heavy atom. The van der Waals surface area contributed by atoms with Gasteiger partial charge in [0.2, 0.25) is 5.95 Å². The van der Waals surface area contributed by atoms with Crippen molar-refractivity contribution in [1.82, 2.24) is 15.3 Å². The quantitative estimate of drug-likeness (QED) is 0.824. The molecule has 4 nitrogen and oxygen atoms in total. The van der Waals surface area contributed by atoms with Gasteiger partial charge >= 0.3 is 0 Å². The van der Waals surface area contributed by atoms with Crippen molar-refractivity contribution in [3.05, 3.63) is 30.2 Å². The third-order valence-electron chi connectivity index (χ3n) is 2.94. The lowest BCUT2D eigenvalue weighted by atomic mass is 10.2. The number of hydrogen-bond acceptors (Lipinski definition) is 4. The molecular formula is C12H13FN4. The minimum atomic E-state index is -0.262. The Kier molecular flexibility index (Phi) is 2.60. The van der Waals surface area contributed by atoms with E-state index in [0.29, 0.717) is 12.0 Å². The summed E-state index contributed by atoms with van der Waals surface area (Å²) in [6, 6.07) is 4.91. The number of nitrogens with one attached hydrogen (secondary N) is 2. The normalized spacial score (nSPS) is 19.7. The van der Waals surface area contributed by atoms with Crippen LogP contribution in [-0.2, 0) is 0 Å². The minimum Gasteiger partial charge on any atom is -0.350 e. The minimum absolute atomic E-state index is 0.262. The van der Waals surface area contributed by atoms with Crippen molar-refractivity contribution in [3.63, 3.8) is 0 Å². The van der Waals surface area contributed by atoms with E-state index in [4.69, 9.17) is 0 Å². The summed E-state index contributed by atoms with van der Waals surface area (Å²) in [6.07, 6.45) is 2.72. The maximum absolute atomic E-state index is 13.0. The molecule has 1 aromatic heterocycles. The van der Waals surface area contributed by atoms with E-state index in [1.54, 1.807) is 12.3 Å². The number of rotatable bonds is 2. The highest BCUT2D eigenvalue weighted by molar-refractivity contribution is 5.78. The molecule has 2 heterocycles. The number of hydrogen-bond donors (Lipinski definition) is 2. The number of anilines is 1. The summed E-state index contributed by atoms with van der Waals surface area (Å²) in [4.78, 5) is 8.56. The van der Waals surface area contributed by atoms with E-state index < -0.39 is 0 Å². The van der Waals surface area contributed by atoms with E-state index in [-0.39, 0.29) is 5.82 Å². The zero-order chi connectivity index (χ0) is 11.7. The van der Waals surface area contributed by atoms with Gasteiger partial charge in [0, 0.05) is 24.2 Å². The first-order valence-corrected chi connectivity index (χ1v) is 5.71. The number of aromatic nitrogens is 2. The first-order valence-electron chi connectivity index (χ1n) is 5.71. The van der Waals surface area contributed by atoms with E-state index in [2.05, 4.69) is 20.6 Å². The summed E-state index contributed by atoms with van der Waals surface area (Å²) >= 11 is 0. The summed E-state index contributed by atoms with van der Waals surface area (Å²) in [5, 5.41) is 7.26. The largest absolute Gasteiger partial charge is 0.350 e. The third kappa shape index (κ3) is 2.19. The molecular weight excluding hydrogens is 219 g/mol. The molecule has 1 aromatic carbocycles. The second-order valence-electron chi connectivity index (χ2n) is 4.23. The third-order valence-corrected chi connectivity index (χ3v) is 2.94. The van der Waals surface area contributed by atoms with Crippen LogP contribution in [0.1, 0.15) is 6.42 Å². The Hall–Kier alpha value is -1.75. The van der Waals surface area contributed by atoms with Crippen LogP contribution in [0.3, 0.4) is 0 Å².